The highest BCUT2D eigenvalue weighted by atomic mass is 15.2. The number of aryl methyl sites for hydroxylation is 1. The Morgan fingerprint density at radius 3 is 2.90 bits per heavy atom. The Balaban J connectivity index is 2.14. The molecule has 6 nitrogen and oxygen atoms in total. The van der Waals surface area contributed by atoms with Crippen LogP contribution in [0.25, 0.3) is 11.6 Å². The van der Waals surface area contributed by atoms with Crippen LogP contribution in [0.5, 0.6) is 0 Å². The third-order valence-corrected chi connectivity index (χ3v) is 3.55. The summed E-state index contributed by atoms with van der Waals surface area (Å²) >= 11 is 0. The maximum atomic E-state index is 4.59. The monoisotopic (exact) mass is 270 g/mol. The molecule has 2 N–H and O–H groups in total. The quantitative estimate of drug-likeness (QED) is 0.892. The Labute approximate surface area is 117 Å². The van der Waals surface area contributed by atoms with E-state index in [4.69, 9.17) is 0 Å². The summed E-state index contributed by atoms with van der Waals surface area (Å²) in [5.74, 6) is 1.66. The number of hydrogen-bond acceptors (Lipinski definition) is 5. The lowest BCUT2D eigenvalue weighted by molar-refractivity contribution is 0.867. The number of anilines is 2. The Hall–Kier alpha value is -2.37. The molecule has 0 atom stereocenters. The van der Waals surface area contributed by atoms with Gasteiger partial charge in [0.2, 0.25) is 5.95 Å². The average Bonchev–Trinajstić information content (AvgIpc) is 3.00. The normalized spacial score (nSPS) is 13.9. The average molecular weight is 270 g/mol. The van der Waals surface area contributed by atoms with Crippen LogP contribution >= 0.6 is 0 Å². The molecule has 104 valence electrons. The maximum Gasteiger partial charge on any atom is 0.224 e. The van der Waals surface area contributed by atoms with Crippen LogP contribution in [0.1, 0.15) is 23.9 Å². The molecule has 0 radical (unpaired) electrons. The zero-order valence-electron chi connectivity index (χ0n) is 11.9. The van der Waals surface area contributed by atoms with Crippen LogP contribution in [0, 0.1) is 6.92 Å². The molecule has 0 aromatic carbocycles. The molecule has 0 spiro atoms. The van der Waals surface area contributed by atoms with Gasteiger partial charge in [0.25, 0.3) is 0 Å². The second-order valence-corrected chi connectivity index (χ2v) is 4.77. The van der Waals surface area contributed by atoms with E-state index in [1.54, 1.807) is 6.20 Å². The van der Waals surface area contributed by atoms with Crippen molar-refractivity contribution in [2.45, 2.75) is 13.8 Å². The highest BCUT2D eigenvalue weighted by Crippen LogP contribution is 2.32. The molecular formula is C14H18N6. The summed E-state index contributed by atoms with van der Waals surface area (Å²) in [6.45, 7) is 5.88. The van der Waals surface area contributed by atoms with Crippen molar-refractivity contribution in [1.82, 2.24) is 20.2 Å². The Bertz CT molecular complexity index is 644. The molecule has 0 amide bonds. The number of likely N-dealkylation sites (N-methyl/N-ethyl adjacent to an activating group) is 1. The summed E-state index contributed by atoms with van der Waals surface area (Å²) in [5, 5.41) is 10.1. The summed E-state index contributed by atoms with van der Waals surface area (Å²) in [6, 6.07) is 1.99. The van der Waals surface area contributed by atoms with Crippen molar-refractivity contribution in [2.24, 2.45) is 0 Å². The molecule has 0 fully saturated rings. The molecule has 0 saturated carbocycles. The smallest absolute Gasteiger partial charge is 0.224 e. The molecule has 3 rings (SSSR count). The number of H-pyrrole nitrogens is 1. The van der Waals surface area contributed by atoms with Crippen LogP contribution in [0.15, 0.2) is 12.3 Å². The lowest BCUT2D eigenvalue weighted by Crippen LogP contribution is -2.30. The molecule has 6 heteroatoms. The predicted octanol–water partition coefficient (Wildman–Crippen LogP) is 1.93. The van der Waals surface area contributed by atoms with Gasteiger partial charge in [-0.25, -0.2) is 4.98 Å². The number of aromatic nitrogens is 4. The number of hydrogen-bond donors (Lipinski definition) is 2. The minimum absolute atomic E-state index is 0.665. The third kappa shape index (κ3) is 2.03. The molecule has 0 unspecified atom stereocenters. The number of rotatable bonds is 3. The van der Waals surface area contributed by atoms with E-state index >= 15 is 0 Å². The Kier molecular flexibility index (Phi) is 3.14. The summed E-state index contributed by atoms with van der Waals surface area (Å²) in [7, 11) is 1.84. The van der Waals surface area contributed by atoms with Gasteiger partial charge in [0, 0.05) is 31.9 Å². The Morgan fingerprint density at radius 1 is 1.40 bits per heavy atom. The van der Waals surface area contributed by atoms with Crippen molar-refractivity contribution in [1.29, 1.82) is 0 Å². The van der Waals surface area contributed by atoms with Crippen LogP contribution < -0.4 is 10.2 Å². The zero-order chi connectivity index (χ0) is 14.1. The van der Waals surface area contributed by atoms with Crippen LogP contribution in [0.3, 0.4) is 0 Å². The van der Waals surface area contributed by atoms with Crippen LogP contribution in [-0.4, -0.2) is 40.3 Å². The van der Waals surface area contributed by atoms with E-state index in [0.29, 0.717) is 5.95 Å². The van der Waals surface area contributed by atoms with E-state index in [-0.39, 0.29) is 0 Å². The standard InChI is InChI=1S/C14H18N6/c1-4-20-8-10(12-5-6-16-19-12)7-11-9(2)17-14(15-3)18-13(11)20/h5-7H,4,8H2,1-3H3,(H,16,19)(H,15,17,18). The lowest BCUT2D eigenvalue weighted by atomic mass is 10.0. The van der Waals surface area contributed by atoms with E-state index in [9.17, 15) is 0 Å². The highest BCUT2D eigenvalue weighted by Gasteiger charge is 2.22. The van der Waals surface area contributed by atoms with Gasteiger partial charge >= 0.3 is 0 Å². The fourth-order valence-corrected chi connectivity index (χ4v) is 2.45. The summed E-state index contributed by atoms with van der Waals surface area (Å²) in [4.78, 5) is 11.3. The molecule has 0 saturated heterocycles. The summed E-state index contributed by atoms with van der Waals surface area (Å²) < 4.78 is 0. The van der Waals surface area contributed by atoms with Gasteiger partial charge in [0.05, 0.1) is 11.4 Å². The first-order valence-corrected chi connectivity index (χ1v) is 6.74. The summed E-state index contributed by atoms with van der Waals surface area (Å²) in [5.41, 5.74) is 4.32. The van der Waals surface area contributed by atoms with E-state index < -0.39 is 0 Å². The number of aromatic amines is 1. The van der Waals surface area contributed by atoms with Gasteiger partial charge in [0.1, 0.15) is 5.82 Å². The fourth-order valence-electron chi connectivity index (χ4n) is 2.45. The van der Waals surface area contributed by atoms with Crippen molar-refractivity contribution in [2.75, 3.05) is 30.4 Å². The van der Waals surface area contributed by atoms with Crippen molar-refractivity contribution >= 4 is 23.4 Å². The molecule has 2 aromatic rings. The van der Waals surface area contributed by atoms with Crippen molar-refractivity contribution in [3.8, 4) is 0 Å². The van der Waals surface area contributed by atoms with Gasteiger partial charge in [-0.3, -0.25) is 5.10 Å². The second-order valence-electron chi connectivity index (χ2n) is 4.77. The van der Waals surface area contributed by atoms with E-state index in [0.717, 1.165) is 35.9 Å². The van der Waals surface area contributed by atoms with Gasteiger partial charge in [-0.05, 0) is 31.6 Å². The van der Waals surface area contributed by atoms with Gasteiger partial charge in [-0.2, -0.15) is 10.1 Å². The number of nitrogens with one attached hydrogen (secondary N) is 2. The van der Waals surface area contributed by atoms with Crippen LogP contribution in [0.4, 0.5) is 11.8 Å². The van der Waals surface area contributed by atoms with Gasteiger partial charge in [0.15, 0.2) is 0 Å². The molecule has 0 bridgehead atoms. The fraction of sp³-hybridized carbons (Fsp3) is 0.357. The first kappa shape index (κ1) is 12.7. The topological polar surface area (TPSA) is 69.7 Å². The van der Waals surface area contributed by atoms with Crippen molar-refractivity contribution in [3.63, 3.8) is 0 Å². The van der Waals surface area contributed by atoms with Crippen molar-refractivity contribution < 1.29 is 0 Å². The Morgan fingerprint density at radius 2 is 2.25 bits per heavy atom. The molecule has 1 aliphatic heterocycles. The molecule has 3 heterocycles. The van der Waals surface area contributed by atoms with Gasteiger partial charge < -0.3 is 10.2 Å². The van der Waals surface area contributed by atoms with E-state index in [2.05, 4.69) is 43.4 Å². The lowest BCUT2D eigenvalue weighted by Gasteiger charge is -2.29. The van der Waals surface area contributed by atoms with Crippen LogP contribution in [0.2, 0.25) is 0 Å². The largest absolute Gasteiger partial charge is 0.357 e. The number of nitrogens with zero attached hydrogens (tertiary/aromatic N) is 4. The van der Waals surface area contributed by atoms with Crippen molar-refractivity contribution in [3.05, 3.63) is 29.2 Å². The molecule has 20 heavy (non-hydrogen) atoms. The van der Waals surface area contributed by atoms with Gasteiger partial charge in [-0.1, -0.05) is 0 Å². The molecule has 1 aliphatic rings. The first-order chi connectivity index (χ1) is 9.72. The highest BCUT2D eigenvalue weighted by molar-refractivity contribution is 5.89. The molecule has 2 aromatic heterocycles. The molecule has 0 aliphatic carbocycles. The minimum Gasteiger partial charge on any atom is -0.357 e. The van der Waals surface area contributed by atoms with Crippen LogP contribution in [-0.2, 0) is 0 Å². The van der Waals surface area contributed by atoms with E-state index in [1.165, 1.54) is 5.57 Å². The second kappa shape index (κ2) is 4.96. The first-order valence-electron chi connectivity index (χ1n) is 6.74. The minimum atomic E-state index is 0.665. The van der Waals surface area contributed by atoms with Gasteiger partial charge in [-0.15, -0.1) is 0 Å². The predicted molar refractivity (Wildman–Crippen MR) is 80.7 cm³/mol. The maximum absolute atomic E-state index is 4.59. The van der Waals surface area contributed by atoms with E-state index in [1.807, 2.05) is 20.0 Å². The summed E-state index contributed by atoms with van der Waals surface area (Å²) in [6.07, 6.45) is 3.93. The SMILES string of the molecule is CCN1CC(c2ccn[nH]2)=Cc2c(C)nc(NC)nc21. The zero-order valence-corrected chi connectivity index (χ0v) is 11.9. The number of fused-ring (bicyclic) bond motifs is 1. The molecular weight excluding hydrogens is 252 g/mol. The third-order valence-electron chi connectivity index (χ3n) is 3.55.